The van der Waals surface area contributed by atoms with Crippen molar-refractivity contribution in [3.63, 3.8) is 0 Å². The van der Waals surface area contributed by atoms with Gasteiger partial charge in [-0.15, -0.1) is 0 Å². The number of carbonyl (C=O) groups is 1. The molecule has 1 aromatic rings. The topological polar surface area (TPSA) is 89.3 Å². The number of unbranched alkanes of at least 4 members (excludes halogenated alkanes) is 5. The minimum atomic E-state index is -0.833. The number of carboxylic acids is 1. The molecule has 0 radical (unpaired) electrons. The third-order valence-corrected chi connectivity index (χ3v) is 4.72. The first-order chi connectivity index (χ1) is 14.8. The van der Waals surface area contributed by atoms with Crippen LogP contribution in [-0.2, 0) is 11.3 Å². The average Bonchev–Trinajstić information content (AvgIpc) is 2.70. The third-order valence-electron chi connectivity index (χ3n) is 4.72. The van der Waals surface area contributed by atoms with Crippen LogP contribution in [0.5, 0.6) is 0 Å². The summed E-state index contributed by atoms with van der Waals surface area (Å²) in [5.41, 5.74) is 0.927. The largest absolute Gasteiger partial charge is 0.481 e. The van der Waals surface area contributed by atoms with Crippen LogP contribution in [0.15, 0.2) is 40.3 Å². The lowest BCUT2D eigenvalue weighted by atomic mass is 10.1. The third kappa shape index (κ3) is 12.0. The zero-order chi connectivity index (χ0) is 23.1. The van der Waals surface area contributed by atoms with Gasteiger partial charge in [0.25, 0.3) is 5.97 Å². The van der Waals surface area contributed by atoms with Crippen LogP contribution in [0, 0.1) is 0 Å². The number of benzene rings is 1. The van der Waals surface area contributed by atoms with Gasteiger partial charge in [-0.1, -0.05) is 69.4 Å². The second-order valence-electron chi connectivity index (χ2n) is 8.26. The zero-order valence-corrected chi connectivity index (χ0v) is 19.9. The summed E-state index contributed by atoms with van der Waals surface area (Å²) in [4.78, 5) is 20.9. The lowest BCUT2D eigenvalue weighted by Crippen LogP contribution is -2.59. The van der Waals surface area contributed by atoms with E-state index in [-0.39, 0.29) is 5.66 Å². The van der Waals surface area contributed by atoms with Gasteiger partial charge in [-0.3, -0.25) is 15.1 Å². The molecule has 0 unspecified atom stereocenters. The standard InChI is InChI=1S/C22H37N5.C2H4O2/c1-5-7-8-9-10-14-17-23-20-24-21(26-22(3,4)25-20)27(6-2)18-19-15-12-11-13-16-19;1-2(3)4/h11-13,15-16H,5-10,14,17-18H2,1-4H3,(H2,23,24,25,26);1H3,(H,3,4). The molecular weight excluding hydrogens is 390 g/mol. The van der Waals surface area contributed by atoms with Crippen molar-refractivity contribution in [3.05, 3.63) is 35.9 Å². The van der Waals surface area contributed by atoms with Gasteiger partial charge >= 0.3 is 0 Å². The summed E-state index contributed by atoms with van der Waals surface area (Å²) in [6.07, 6.45) is 7.71. The second-order valence-corrected chi connectivity index (χ2v) is 8.26. The molecule has 1 heterocycles. The van der Waals surface area contributed by atoms with E-state index in [9.17, 15) is 0 Å². The van der Waals surface area contributed by atoms with E-state index in [2.05, 4.69) is 73.6 Å². The van der Waals surface area contributed by atoms with Gasteiger partial charge in [0.1, 0.15) is 5.66 Å². The van der Waals surface area contributed by atoms with Crippen molar-refractivity contribution in [2.45, 2.75) is 85.4 Å². The summed E-state index contributed by atoms with van der Waals surface area (Å²) in [5, 5.41) is 14.2. The molecule has 2 rings (SSSR count). The van der Waals surface area contributed by atoms with Crippen LogP contribution in [0.4, 0.5) is 0 Å². The molecule has 1 aromatic carbocycles. The van der Waals surface area contributed by atoms with Crippen LogP contribution in [0.1, 0.15) is 78.7 Å². The van der Waals surface area contributed by atoms with Crippen LogP contribution in [0.25, 0.3) is 0 Å². The highest BCUT2D eigenvalue weighted by atomic mass is 16.4. The lowest BCUT2D eigenvalue weighted by Gasteiger charge is -2.35. The van der Waals surface area contributed by atoms with Gasteiger partial charge in [0.15, 0.2) is 5.96 Å². The Morgan fingerprint density at radius 1 is 1.10 bits per heavy atom. The highest BCUT2D eigenvalue weighted by Crippen LogP contribution is 2.12. The van der Waals surface area contributed by atoms with Gasteiger partial charge < -0.3 is 15.3 Å². The van der Waals surface area contributed by atoms with E-state index < -0.39 is 5.97 Å². The van der Waals surface area contributed by atoms with Gasteiger partial charge in [0.2, 0.25) is 5.96 Å². The smallest absolute Gasteiger partial charge is 0.300 e. The van der Waals surface area contributed by atoms with Crippen molar-refractivity contribution in [2.24, 2.45) is 9.98 Å². The van der Waals surface area contributed by atoms with E-state index >= 15 is 0 Å². The number of aliphatic carboxylic acids is 1. The fourth-order valence-corrected chi connectivity index (χ4v) is 3.20. The Labute approximate surface area is 188 Å². The molecule has 0 aromatic heterocycles. The van der Waals surface area contributed by atoms with Crippen molar-refractivity contribution >= 4 is 17.9 Å². The van der Waals surface area contributed by atoms with Crippen LogP contribution in [-0.4, -0.2) is 46.6 Å². The van der Waals surface area contributed by atoms with E-state index in [0.717, 1.165) is 44.9 Å². The van der Waals surface area contributed by atoms with Gasteiger partial charge in [-0.2, -0.15) is 0 Å². The number of aliphatic imine (C=N–C) groups is 2. The Balaban J connectivity index is 0.00000110. The number of rotatable bonds is 10. The molecular formula is C24H41N5O2. The predicted octanol–water partition coefficient (Wildman–Crippen LogP) is 4.60. The van der Waals surface area contributed by atoms with Crippen molar-refractivity contribution in [2.75, 3.05) is 13.1 Å². The Morgan fingerprint density at radius 2 is 1.71 bits per heavy atom. The molecule has 0 amide bonds. The van der Waals surface area contributed by atoms with Crippen LogP contribution < -0.4 is 10.6 Å². The maximum absolute atomic E-state index is 9.00. The summed E-state index contributed by atoms with van der Waals surface area (Å²) in [5.74, 6) is 0.900. The minimum Gasteiger partial charge on any atom is -0.481 e. The Hall–Kier alpha value is -2.57. The SMILES string of the molecule is CC(=O)O.CCCCCCCCN=C1NC(N(CC)Cc2ccccc2)=NC(C)(C)N1. The number of guanidine groups is 2. The highest BCUT2D eigenvalue weighted by Gasteiger charge is 2.27. The summed E-state index contributed by atoms with van der Waals surface area (Å²) in [6.45, 7) is 12.3. The average molecular weight is 432 g/mol. The van der Waals surface area contributed by atoms with Crippen molar-refractivity contribution < 1.29 is 9.90 Å². The first-order valence-electron chi connectivity index (χ1n) is 11.4. The number of hydrogen-bond donors (Lipinski definition) is 3. The fourth-order valence-electron chi connectivity index (χ4n) is 3.20. The van der Waals surface area contributed by atoms with Gasteiger partial charge in [-0.05, 0) is 32.8 Å². The Bertz CT molecular complexity index is 697. The van der Waals surface area contributed by atoms with Crippen molar-refractivity contribution in [1.29, 1.82) is 0 Å². The molecule has 0 aliphatic carbocycles. The Kier molecular flexibility index (Phi) is 12.3. The normalized spacial score (nSPS) is 15.8. The molecule has 7 heteroatoms. The predicted molar refractivity (Wildman–Crippen MR) is 129 cm³/mol. The van der Waals surface area contributed by atoms with E-state index in [4.69, 9.17) is 19.9 Å². The van der Waals surface area contributed by atoms with E-state index in [1.807, 2.05) is 0 Å². The molecule has 7 nitrogen and oxygen atoms in total. The molecule has 31 heavy (non-hydrogen) atoms. The van der Waals surface area contributed by atoms with Crippen LogP contribution in [0.2, 0.25) is 0 Å². The van der Waals surface area contributed by atoms with E-state index in [1.165, 1.54) is 37.7 Å². The molecule has 1 aliphatic rings. The first-order valence-corrected chi connectivity index (χ1v) is 11.4. The maximum Gasteiger partial charge on any atom is 0.300 e. The Morgan fingerprint density at radius 3 is 2.32 bits per heavy atom. The lowest BCUT2D eigenvalue weighted by molar-refractivity contribution is -0.134. The number of carboxylic acid groups (broad SMARTS) is 1. The monoisotopic (exact) mass is 431 g/mol. The number of nitrogens with zero attached hydrogens (tertiary/aromatic N) is 3. The van der Waals surface area contributed by atoms with Crippen LogP contribution in [0.3, 0.4) is 0 Å². The minimum absolute atomic E-state index is 0.356. The van der Waals surface area contributed by atoms with Crippen LogP contribution >= 0.6 is 0 Å². The van der Waals surface area contributed by atoms with E-state index in [1.54, 1.807) is 0 Å². The summed E-state index contributed by atoms with van der Waals surface area (Å²) in [6, 6.07) is 10.5. The van der Waals surface area contributed by atoms with Crippen molar-refractivity contribution in [1.82, 2.24) is 15.5 Å². The zero-order valence-electron chi connectivity index (χ0n) is 19.9. The molecule has 1 aliphatic heterocycles. The maximum atomic E-state index is 9.00. The quantitative estimate of drug-likeness (QED) is 0.471. The summed E-state index contributed by atoms with van der Waals surface area (Å²) in [7, 11) is 0. The second kappa shape index (κ2) is 14.4. The molecule has 0 fully saturated rings. The van der Waals surface area contributed by atoms with Gasteiger partial charge in [-0.25, -0.2) is 4.99 Å². The molecule has 174 valence electrons. The first kappa shape index (κ1) is 26.5. The summed E-state index contributed by atoms with van der Waals surface area (Å²) < 4.78 is 0. The van der Waals surface area contributed by atoms with Crippen molar-refractivity contribution in [3.8, 4) is 0 Å². The van der Waals surface area contributed by atoms with E-state index in [0.29, 0.717) is 0 Å². The fraction of sp³-hybridized carbons (Fsp3) is 0.625. The summed E-state index contributed by atoms with van der Waals surface area (Å²) >= 11 is 0. The molecule has 3 N–H and O–H groups in total. The molecule has 0 bridgehead atoms. The van der Waals surface area contributed by atoms with Gasteiger partial charge in [0.05, 0.1) is 0 Å². The highest BCUT2D eigenvalue weighted by molar-refractivity contribution is 6.00. The number of nitrogens with one attached hydrogen (secondary N) is 2. The molecule has 0 spiro atoms. The molecule has 0 saturated carbocycles. The van der Waals surface area contributed by atoms with Gasteiger partial charge in [0, 0.05) is 26.6 Å². The number of hydrogen-bond acceptors (Lipinski definition) is 4. The molecule has 0 atom stereocenters. The molecule has 0 saturated heterocycles.